The molecule has 3 aromatic rings. The van der Waals surface area contributed by atoms with Crippen molar-refractivity contribution < 1.29 is 9.90 Å². The molecule has 0 bridgehead atoms. The van der Waals surface area contributed by atoms with Crippen LogP contribution < -0.4 is 10.6 Å². The number of amides is 2. The summed E-state index contributed by atoms with van der Waals surface area (Å²) >= 11 is 0. The van der Waals surface area contributed by atoms with E-state index in [9.17, 15) is 9.90 Å². The molecule has 0 aliphatic carbocycles. The number of aromatic nitrogens is 2. The van der Waals surface area contributed by atoms with Crippen molar-refractivity contribution in [3.8, 4) is 0 Å². The summed E-state index contributed by atoms with van der Waals surface area (Å²) in [7, 11) is 0. The monoisotopic (exact) mass is 336 g/mol. The van der Waals surface area contributed by atoms with E-state index in [0.717, 1.165) is 16.7 Å². The molecule has 0 unspecified atom stereocenters. The molecule has 6 nitrogen and oxygen atoms in total. The molecule has 0 saturated carbocycles. The van der Waals surface area contributed by atoms with Crippen molar-refractivity contribution in [1.82, 2.24) is 15.1 Å². The number of hydrogen-bond acceptors (Lipinski definition) is 3. The smallest absolute Gasteiger partial charge is 0.319 e. The van der Waals surface area contributed by atoms with E-state index in [-0.39, 0.29) is 12.6 Å². The maximum Gasteiger partial charge on any atom is 0.319 e. The Bertz CT molecular complexity index is 830. The van der Waals surface area contributed by atoms with Gasteiger partial charge in [0.1, 0.15) is 0 Å². The Morgan fingerprint density at radius 1 is 1.04 bits per heavy atom. The Balaban J connectivity index is 1.53. The predicted molar refractivity (Wildman–Crippen MR) is 96.0 cm³/mol. The molecule has 1 heterocycles. The van der Waals surface area contributed by atoms with Crippen molar-refractivity contribution in [1.29, 1.82) is 0 Å². The van der Waals surface area contributed by atoms with Gasteiger partial charge in [0, 0.05) is 12.7 Å². The minimum absolute atomic E-state index is 0.0499. The Kier molecular flexibility index (Phi) is 5.43. The van der Waals surface area contributed by atoms with Crippen molar-refractivity contribution in [2.45, 2.75) is 19.7 Å². The largest absolute Gasteiger partial charge is 0.392 e. The van der Waals surface area contributed by atoms with Crippen molar-refractivity contribution in [2.24, 2.45) is 0 Å². The van der Waals surface area contributed by atoms with Crippen molar-refractivity contribution in [3.63, 3.8) is 0 Å². The second-order valence-electron chi connectivity index (χ2n) is 5.65. The second-order valence-corrected chi connectivity index (χ2v) is 5.65. The van der Waals surface area contributed by atoms with E-state index in [1.54, 1.807) is 17.1 Å². The van der Waals surface area contributed by atoms with Crippen LogP contribution in [0.5, 0.6) is 0 Å². The van der Waals surface area contributed by atoms with Gasteiger partial charge in [-0.3, -0.25) is 4.68 Å². The highest BCUT2D eigenvalue weighted by Crippen LogP contribution is 2.10. The van der Waals surface area contributed by atoms with Gasteiger partial charge in [-0.1, -0.05) is 54.6 Å². The second kappa shape index (κ2) is 8.12. The Hall–Kier alpha value is -3.12. The van der Waals surface area contributed by atoms with E-state index in [2.05, 4.69) is 15.7 Å². The third-order valence-corrected chi connectivity index (χ3v) is 3.81. The van der Waals surface area contributed by atoms with Gasteiger partial charge in [-0.25, -0.2) is 4.79 Å². The molecule has 2 aromatic carbocycles. The number of aliphatic hydroxyl groups excluding tert-OH is 1. The highest BCUT2D eigenvalue weighted by Gasteiger charge is 2.06. The number of carbonyl (C=O) groups excluding carboxylic acids is 1. The summed E-state index contributed by atoms with van der Waals surface area (Å²) in [5, 5.41) is 19.1. The first-order valence-corrected chi connectivity index (χ1v) is 8.03. The quantitative estimate of drug-likeness (QED) is 0.647. The molecule has 0 radical (unpaired) electrons. The molecule has 3 N–H and O–H groups in total. The highest BCUT2D eigenvalue weighted by molar-refractivity contribution is 5.88. The highest BCUT2D eigenvalue weighted by atomic mass is 16.3. The van der Waals surface area contributed by atoms with Crippen molar-refractivity contribution >= 4 is 11.7 Å². The summed E-state index contributed by atoms with van der Waals surface area (Å²) < 4.78 is 1.77. The number of hydrogen-bond donors (Lipinski definition) is 3. The zero-order chi connectivity index (χ0) is 17.5. The number of nitrogens with one attached hydrogen (secondary N) is 2. The van der Waals surface area contributed by atoms with Crippen molar-refractivity contribution in [3.05, 3.63) is 83.7 Å². The molecule has 0 fully saturated rings. The van der Waals surface area contributed by atoms with E-state index < -0.39 is 0 Å². The van der Waals surface area contributed by atoms with Gasteiger partial charge in [0.25, 0.3) is 0 Å². The van der Waals surface area contributed by atoms with Crippen LogP contribution in [0.15, 0.2) is 67.0 Å². The average molecular weight is 336 g/mol. The molecule has 0 atom stereocenters. The number of benzene rings is 2. The van der Waals surface area contributed by atoms with E-state index >= 15 is 0 Å². The van der Waals surface area contributed by atoms with Crippen LogP contribution in [-0.2, 0) is 19.7 Å². The van der Waals surface area contributed by atoms with E-state index in [4.69, 9.17) is 0 Å². The number of nitrogens with zero attached hydrogens (tertiary/aromatic N) is 2. The van der Waals surface area contributed by atoms with Crippen LogP contribution in [-0.4, -0.2) is 20.9 Å². The number of aliphatic hydroxyl groups is 1. The predicted octanol–water partition coefficient (Wildman–Crippen LogP) is 2.75. The molecule has 0 spiro atoms. The van der Waals surface area contributed by atoms with Gasteiger partial charge in [-0.2, -0.15) is 5.10 Å². The van der Waals surface area contributed by atoms with Gasteiger partial charge in [0.2, 0.25) is 0 Å². The van der Waals surface area contributed by atoms with Gasteiger partial charge in [-0.15, -0.1) is 0 Å². The molecule has 128 valence electrons. The van der Waals surface area contributed by atoms with Crippen LogP contribution >= 0.6 is 0 Å². The lowest BCUT2D eigenvalue weighted by Crippen LogP contribution is -2.28. The van der Waals surface area contributed by atoms with Gasteiger partial charge >= 0.3 is 6.03 Å². The minimum atomic E-state index is -0.313. The molecule has 0 aliphatic rings. The topological polar surface area (TPSA) is 79.2 Å². The maximum absolute atomic E-state index is 12.0. The number of anilines is 1. The summed E-state index contributed by atoms with van der Waals surface area (Å²) in [6.45, 7) is 0.945. The summed E-state index contributed by atoms with van der Waals surface area (Å²) in [5.41, 5.74) is 3.46. The SMILES string of the molecule is O=C(NCc1ccccc1CO)Nc1cnn(Cc2ccccc2)c1. The molecule has 0 aliphatic heterocycles. The van der Waals surface area contributed by atoms with Crippen LogP contribution in [0.1, 0.15) is 16.7 Å². The van der Waals surface area contributed by atoms with E-state index in [1.165, 1.54) is 0 Å². The van der Waals surface area contributed by atoms with Gasteiger partial charge in [0.05, 0.1) is 25.0 Å². The summed E-state index contributed by atoms with van der Waals surface area (Å²) in [6.07, 6.45) is 3.40. The molecule has 6 heteroatoms. The van der Waals surface area contributed by atoms with Gasteiger partial charge in [0.15, 0.2) is 0 Å². The normalized spacial score (nSPS) is 10.4. The van der Waals surface area contributed by atoms with Crippen molar-refractivity contribution in [2.75, 3.05) is 5.32 Å². The third-order valence-electron chi connectivity index (χ3n) is 3.81. The van der Waals surface area contributed by atoms with Crippen LogP contribution in [0.4, 0.5) is 10.5 Å². The lowest BCUT2D eigenvalue weighted by Gasteiger charge is -2.09. The first-order chi connectivity index (χ1) is 12.2. The van der Waals surface area contributed by atoms with Crippen LogP contribution in [0, 0.1) is 0 Å². The summed E-state index contributed by atoms with van der Waals surface area (Å²) in [6, 6.07) is 17.1. The van der Waals surface area contributed by atoms with Crippen LogP contribution in [0.3, 0.4) is 0 Å². The van der Waals surface area contributed by atoms with Crippen LogP contribution in [0.25, 0.3) is 0 Å². The standard InChI is InChI=1S/C19H20N4O2/c24-14-17-9-5-4-8-16(17)10-20-19(25)22-18-11-21-23(13-18)12-15-6-2-1-3-7-15/h1-9,11,13,24H,10,12,14H2,(H2,20,22,25). The minimum Gasteiger partial charge on any atom is -0.392 e. The fourth-order valence-electron chi connectivity index (χ4n) is 2.52. The number of urea groups is 1. The Morgan fingerprint density at radius 2 is 1.76 bits per heavy atom. The lowest BCUT2D eigenvalue weighted by atomic mass is 10.1. The molecule has 1 aromatic heterocycles. The van der Waals surface area contributed by atoms with E-state index in [0.29, 0.717) is 18.8 Å². The summed E-state index contributed by atoms with van der Waals surface area (Å²) in [5.74, 6) is 0. The molecular formula is C19H20N4O2. The zero-order valence-electron chi connectivity index (χ0n) is 13.7. The fourth-order valence-corrected chi connectivity index (χ4v) is 2.52. The number of rotatable bonds is 6. The lowest BCUT2D eigenvalue weighted by molar-refractivity contribution is 0.251. The number of carbonyl (C=O) groups is 1. The molecule has 0 saturated heterocycles. The average Bonchev–Trinajstić information content (AvgIpc) is 3.07. The molecular weight excluding hydrogens is 316 g/mol. The molecule has 3 rings (SSSR count). The third kappa shape index (κ3) is 4.68. The molecule has 25 heavy (non-hydrogen) atoms. The van der Waals surface area contributed by atoms with Gasteiger partial charge < -0.3 is 15.7 Å². The summed E-state index contributed by atoms with van der Waals surface area (Å²) in [4.78, 5) is 12.0. The fraction of sp³-hybridized carbons (Fsp3) is 0.158. The Morgan fingerprint density at radius 3 is 2.52 bits per heavy atom. The molecule has 2 amide bonds. The Labute approximate surface area is 146 Å². The van der Waals surface area contributed by atoms with Crippen LogP contribution in [0.2, 0.25) is 0 Å². The maximum atomic E-state index is 12.0. The van der Waals surface area contributed by atoms with Gasteiger partial charge in [-0.05, 0) is 16.7 Å². The first kappa shape index (κ1) is 16.7. The first-order valence-electron chi connectivity index (χ1n) is 8.03. The van der Waals surface area contributed by atoms with E-state index in [1.807, 2.05) is 54.6 Å². The zero-order valence-corrected chi connectivity index (χ0v) is 13.7.